The summed E-state index contributed by atoms with van der Waals surface area (Å²) in [7, 11) is 0. The van der Waals surface area contributed by atoms with Gasteiger partial charge >= 0.3 is 6.16 Å². The lowest BCUT2D eigenvalue weighted by atomic mass is 9.47. The maximum Gasteiger partial charge on any atom is 0.514 e. The zero-order chi connectivity index (χ0) is 27.1. The molecule has 4 aliphatic carbocycles. The summed E-state index contributed by atoms with van der Waals surface area (Å²) in [5, 5.41) is 0. The summed E-state index contributed by atoms with van der Waals surface area (Å²) in [4.78, 5) is 12.5. The van der Waals surface area contributed by atoms with Gasteiger partial charge in [0, 0.05) is 6.42 Å². The van der Waals surface area contributed by atoms with Crippen LogP contribution in [0.3, 0.4) is 0 Å². The molecule has 4 aliphatic rings. The second-order valence-electron chi connectivity index (χ2n) is 14.4. The minimum absolute atomic E-state index is 0.0692. The lowest BCUT2D eigenvalue weighted by molar-refractivity contribution is -0.0597. The van der Waals surface area contributed by atoms with E-state index in [-0.39, 0.29) is 11.5 Å². The molecule has 0 heterocycles. The van der Waals surface area contributed by atoms with Gasteiger partial charge < -0.3 is 9.47 Å². The SMILES string of the molecule is Cc1ccc(OC(=O)O[C@H]2CC[C@@]3(C)C(=CCC4C5CCC(C(C)CCCC(C)C)[C@@]5(C)CCC43)C2)cc1. The molecule has 1 aromatic carbocycles. The van der Waals surface area contributed by atoms with Crippen molar-refractivity contribution in [1.82, 2.24) is 0 Å². The van der Waals surface area contributed by atoms with E-state index in [0.29, 0.717) is 11.2 Å². The Hall–Kier alpha value is -1.77. The summed E-state index contributed by atoms with van der Waals surface area (Å²) in [5.41, 5.74) is 3.50. The highest BCUT2D eigenvalue weighted by Crippen LogP contribution is 2.67. The van der Waals surface area contributed by atoms with Crippen LogP contribution in [-0.4, -0.2) is 12.3 Å². The van der Waals surface area contributed by atoms with Gasteiger partial charge in [-0.15, -0.1) is 0 Å². The number of aryl methyl sites for hydroxylation is 1. The van der Waals surface area contributed by atoms with Crippen LogP contribution in [-0.2, 0) is 4.74 Å². The number of hydrogen-bond acceptors (Lipinski definition) is 3. The van der Waals surface area contributed by atoms with Crippen molar-refractivity contribution in [1.29, 1.82) is 0 Å². The Bertz CT molecular complexity index is 1010. The highest BCUT2D eigenvalue weighted by Gasteiger charge is 2.59. The topological polar surface area (TPSA) is 35.5 Å². The summed E-state index contributed by atoms with van der Waals surface area (Å²) in [6, 6.07) is 7.56. The number of rotatable bonds is 7. The van der Waals surface area contributed by atoms with E-state index in [1.807, 2.05) is 31.2 Å². The van der Waals surface area contributed by atoms with E-state index < -0.39 is 6.16 Å². The molecule has 3 saturated carbocycles. The monoisotopic (exact) mass is 520 g/mol. The highest BCUT2D eigenvalue weighted by molar-refractivity contribution is 5.64. The van der Waals surface area contributed by atoms with Crippen LogP contribution in [0.1, 0.15) is 111 Å². The van der Waals surface area contributed by atoms with Gasteiger partial charge in [0.25, 0.3) is 0 Å². The van der Waals surface area contributed by atoms with Crippen LogP contribution < -0.4 is 4.74 Å². The summed E-state index contributed by atoms with van der Waals surface area (Å²) >= 11 is 0. The second kappa shape index (κ2) is 11.0. The van der Waals surface area contributed by atoms with Crippen LogP contribution in [0.4, 0.5) is 4.79 Å². The van der Waals surface area contributed by atoms with Crippen molar-refractivity contribution in [2.45, 2.75) is 118 Å². The fourth-order valence-electron chi connectivity index (χ4n) is 9.62. The van der Waals surface area contributed by atoms with Crippen LogP contribution in [0.5, 0.6) is 5.75 Å². The van der Waals surface area contributed by atoms with Gasteiger partial charge in [0.05, 0.1) is 0 Å². The van der Waals surface area contributed by atoms with Gasteiger partial charge in [0.2, 0.25) is 0 Å². The lowest BCUT2D eigenvalue weighted by Gasteiger charge is -2.58. The van der Waals surface area contributed by atoms with E-state index in [1.165, 1.54) is 51.4 Å². The van der Waals surface area contributed by atoms with Gasteiger partial charge in [-0.25, -0.2) is 4.79 Å². The fraction of sp³-hybridized carbons (Fsp3) is 0.743. The van der Waals surface area contributed by atoms with Gasteiger partial charge in [0.1, 0.15) is 11.9 Å². The molecule has 1 aromatic rings. The number of carbonyl (C=O) groups is 1. The lowest BCUT2D eigenvalue weighted by Crippen LogP contribution is -2.51. The molecule has 38 heavy (non-hydrogen) atoms. The molecule has 0 saturated heterocycles. The standard InChI is InChI=1S/C35H52O3/c1-23(2)8-7-9-25(4)30-16-17-31-29-15-12-26-22-28(38-33(36)37-27-13-10-24(3)11-14-27)18-20-34(26,5)32(29)19-21-35(30,31)6/h10-14,23,25,28-32H,7-9,15-22H2,1-6H3/t25?,28-,29?,30?,31?,32?,34-,35+/m0/s1. The first kappa shape index (κ1) is 27.8. The summed E-state index contributed by atoms with van der Waals surface area (Å²) in [6.45, 7) is 14.5. The number of benzene rings is 1. The zero-order valence-corrected chi connectivity index (χ0v) is 24.9. The molecule has 0 spiro atoms. The van der Waals surface area contributed by atoms with Crippen LogP contribution in [0.25, 0.3) is 0 Å². The average molecular weight is 521 g/mol. The van der Waals surface area contributed by atoms with Crippen molar-refractivity contribution in [2.75, 3.05) is 0 Å². The van der Waals surface area contributed by atoms with E-state index in [2.05, 4.69) is 40.7 Å². The van der Waals surface area contributed by atoms with E-state index in [0.717, 1.165) is 60.3 Å². The molecule has 0 radical (unpaired) electrons. The minimum atomic E-state index is -0.565. The van der Waals surface area contributed by atoms with Crippen LogP contribution in [0, 0.1) is 53.3 Å². The molecule has 0 aromatic heterocycles. The third-order valence-electron chi connectivity index (χ3n) is 11.7. The largest absolute Gasteiger partial charge is 0.514 e. The Labute approximate surface area is 232 Å². The van der Waals surface area contributed by atoms with Gasteiger partial charge in [-0.05, 0) is 110 Å². The van der Waals surface area contributed by atoms with E-state index in [1.54, 1.807) is 5.57 Å². The maximum atomic E-state index is 12.5. The maximum absolute atomic E-state index is 12.5. The third kappa shape index (κ3) is 5.33. The number of fused-ring (bicyclic) bond motifs is 5. The molecular weight excluding hydrogens is 468 g/mol. The predicted octanol–water partition coefficient (Wildman–Crippen LogP) is 9.92. The molecule has 0 N–H and O–H groups in total. The Balaban J connectivity index is 1.21. The normalized spacial score (nSPS) is 37.0. The van der Waals surface area contributed by atoms with Gasteiger partial charge in [-0.3, -0.25) is 0 Å². The summed E-state index contributed by atoms with van der Waals surface area (Å²) in [5.74, 6) is 5.64. The molecule has 5 rings (SSSR count). The molecule has 0 amide bonds. The van der Waals surface area contributed by atoms with Crippen molar-refractivity contribution < 1.29 is 14.3 Å². The number of allylic oxidation sites excluding steroid dienone is 1. The Morgan fingerprint density at radius 2 is 1.74 bits per heavy atom. The van der Waals surface area contributed by atoms with Gasteiger partial charge in [-0.2, -0.15) is 0 Å². The van der Waals surface area contributed by atoms with Crippen molar-refractivity contribution in [3.05, 3.63) is 41.5 Å². The Morgan fingerprint density at radius 3 is 2.47 bits per heavy atom. The molecule has 8 atom stereocenters. The molecule has 3 nitrogen and oxygen atoms in total. The molecule has 3 heteroatoms. The first-order chi connectivity index (χ1) is 18.1. The Kier molecular flexibility index (Phi) is 8.05. The molecule has 210 valence electrons. The average Bonchev–Trinajstić information content (AvgIpc) is 3.23. The Morgan fingerprint density at radius 1 is 0.974 bits per heavy atom. The molecule has 0 aliphatic heterocycles. The zero-order valence-electron chi connectivity index (χ0n) is 24.9. The molecule has 3 fully saturated rings. The fourth-order valence-corrected chi connectivity index (χ4v) is 9.62. The van der Waals surface area contributed by atoms with E-state index in [4.69, 9.17) is 9.47 Å². The minimum Gasteiger partial charge on any atom is -0.430 e. The number of ether oxygens (including phenoxy) is 2. The number of carbonyl (C=O) groups excluding carboxylic acids is 1. The van der Waals surface area contributed by atoms with Crippen molar-refractivity contribution >= 4 is 6.16 Å². The van der Waals surface area contributed by atoms with Crippen LogP contribution in [0.2, 0.25) is 0 Å². The first-order valence-electron chi connectivity index (χ1n) is 15.7. The molecule has 5 unspecified atom stereocenters. The predicted molar refractivity (Wildman–Crippen MR) is 155 cm³/mol. The summed E-state index contributed by atoms with van der Waals surface area (Å²) < 4.78 is 11.3. The smallest absolute Gasteiger partial charge is 0.430 e. The molecular formula is C35H52O3. The van der Waals surface area contributed by atoms with Crippen molar-refractivity contribution in [3.63, 3.8) is 0 Å². The van der Waals surface area contributed by atoms with Gasteiger partial charge in [0.15, 0.2) is 0 Å². The van der Waals surface area contributed by atoms with Crippen LogP contribution in [0.15, 0.2) is 35.9 Å². The quantitative estimate of drug-likeness (QED) is 0.204. The van der Waals surface area contributed by atoms with Crippen LogP contribution >= 0.6 is 0 Å². The highest BCUT2D eigenvalue weighted by atomic mass is 16.7. The van der Waals surface area contributed by atoms with Crippen molar-refractivity contribution in [2.24, 2.45) is 46.3 Å². The first-order valence-corrected chi connectivity index (χ1v) is 15.7. The third-order valence-corrected chi connectivity index (χ3v) is 11.7. The molecule has 0 bridgehead atoms. The second-order valence-corrected chi connectivity index (χ2v) is 14.4. The van der Waals surface area contributed by atoms with E-state index in [9.17, 15) is 4.79 Å². The van der Waals surface area contributed by atoms with E-state index >= 15 is 0 Å². The van der Waals surface area contributed by atoms with Gasteiger partial charge in [-0.1, -0.05) is 83.2 Å². The van der Waals surface area contributed by atoms with Crippen molar-refractivity contribution in [3.8, 4) is 5.75 Å². The summed E-state index contributed by atoms with van der Waals surface area (Å²) in [6.07, 6.45) is 16.0. The number of hydrogen-bond donors (Lipinski definition) is 0.